The molecule has 0 unspecified atom stereocenters. The Morgan fingerprint density at radius 3 is 2.19 bits per heavy atom. The highest BCUT2D eigenvalue weighted by molar-refractivity contribution is 5.71. The molecule has 0 spiro atoms. The number of pyridine rings is 1. The Morgan fingerprint density at radius 1 is 0.808 bits per heavy atom. The smallest absolute Gasteiger partial charge is 0.0705 e. The van der Waals surface area contributed by atoms with E-state index in [2.05, 4.69) is 4.98 Å². The molecule has 4 aromatic rings. The number of rotatable bonds is 4. The van der Waals surface area contributed by atoms with Gasteiger partial charge in [-0.15, -0.1) is 0 Å². The molecule has 0 aliphatic rings. The molecule has 0 bridgehead atoms. The molecule has 0 aliphatic carbocycles. The van der Waals surface area contributed by atoms with Crippen molar-refractivity contribution < 1.29 is 6.85 Å². The first-order chi connectivity index (χ1) is 14.8. The third-order valence-corrected chi connectivity index (χ3v) is 4.22. The fraction of sp³-hybridized carbons (Fsp3) is 0.0800. The predicted octanol–water partition coefficient (Wildman–Crippen LogP) is 6.31. The lowest BCUT2D eigenvalue weighted by Gasteiger charge is -2.12. The van der Waals surface area contributed by atoms with E-state index in [1.807, 2.05) is 48.5 Å². The first-order valence-electron chi connectivity index (χ1n) is 11.0. The fourth-order valence-electron chi connectivity index (χ4n) is 2.88. The van der Waals surface area contributed by atoms with Crippen molar-refractivity contribution in [3.8, 4) is 22.4 Å². The van der Waals surface area contributed by atoms with E-state index < -0.39 is 13.2 Å². The molecular weight excluding hydrogens is 314 g/mol. The van der Waals surface area contributed by atoms with Crippen molar-refractivity contribution in [1.82, 2.24) is 4.98 Å². The third kappa shape index (κ3) is 3.57. The molecule has 3 aromatic carbocycles. The van der Waals surface area contributed by atoms with Crippen LogP contribution in [0, 0.1) is 6.85 Å². The summed E-state index contributed by atoms with van der Waals surface area (Å²) in [4.78, 5) is 4.58. The zero-order valence-corrected chi connectivity index (χ0v) is 14.2. The van der Waals surface area contributed by atoms with Crippen LogP contribution in [0.3, 0.4) is 0 Å². The number of hydrogen-bond acceptors (Lipinski definition) is 1. The molecule has 0 radical (unpaired) electrons. The van der Waals surface area contributed by atoms with E-state index in [1.165, 1.54) is 0 Å². The van der Waals surface area contributed by atoms with Gasteiger partial charge in [0.15, 0.2) is 0 Å². The second-order valence-electron chi connectivity index (χ2n) is 6.05. The topological polar surface area (TPSA) is 12.9 Å². The highest BCUT2D eigenvalue weighted by atomic mass is 14.7. The fourth-order valence-corrected chi connectivity index (χ4v) is 2.88. The molecule has 1 heteroatoms. The zero-order chi connectivity index (χ0) is 22.1. The van der Waals surface area contributed by atoms with E-state index in [4.69, 9.17) is 6.85 Å². The van der Waals surface area contributed by atoms with Gasteiger partial charge in [-0.05, 0) is 36.0 Å². The van der Waals surface area contributed by atoms with Gasteiger partial charge in [0, 0.05) is 24.2 Å². The highest BCUT2D eigenvalue weighted by Crippen LogP contribution is 2.29. The summed E-state index contributed by atoms with van der Waals surface area (Å²) >= 11 is 0. The Kier molecular flexibility index (Phi) is 3.24. The molecule has 1 aromatic heterocycles. The molecule has 0 amide bonds. The predicted molar refractivity (Wildman–Crippen MR) is 109 cm³/mol. The van der Waals surface area contributed by atoms with E-state index >= 15 is 0 Å². The van der Waals surface area contributed by atoms with E-state index in [9.17, 15) is 0 Å². The molecule has 0 saturated heterocycles. The van der Waals surface area contributed by atoms with Crippen LogP contribution in [-0.2, 0) is 6.37 Å². The summed E-state index contributed by atoms with van der Waals surface area (Å²) in [7, 11) is 0. The molecule has 126 valence electrons. The van der Waals surface area contributed by atoms with Gasteiger partial charge >= 0.3 is 0 Å². The van der Waals surface area contributed by atoms with Crippen LogP contribution in [0.25, 0.3) is 22.4 Å². The maximum absolute atomic E-state index is 8.94. The van der Waals surface area contributed by atoms with Crippen LogP contribution in [0.15, 0.2) is 97.2 Å². The third-order valence-electron chi connectivity index (χ3n) is 4.22. The number of nitrogens with zero attached hydrogens (tertiary/aromatic N) is 1. The van der Waals surface area contributed by atoms with Gasteiger partial charge < -0.3 is 0 Å². The van der Waals surface area contributed by atoms with Crippen molar-refractivity contribution in [1.29, 1.82) is 0 Å². The SMILES string of the molecule is [2H]C([2H])([2H])c1ccc(-c2cc(C([2H])([2H])c3ccccc3)c(-c3ccccc3)cn2)cc1. The van der Waals surface area contributed by atoms with Crippen LogP contribution < -0.4 is 0 Å². The molecule has 1 nitrogen and oxygen atoms in total. The summed E-state index contributed by atoms with van der Waals surface area (Å²) in [6.45, 7) is -2.17. The normalized spacial score (nSPS) is 14.5. The monoisotopic (exact) mass is 340 g/mol. The Morgan fingerprint density at radius 2 is 1.50 bits per heavy atom. The van der Waals surface area contributed by atoms with Gasteiger partial charge in [0.25, 0.3) is 0 Å². The van der Waals surface area contributed by atoms with Crippen molar-refractivity contribution in [2.75, 3.05) is 0 Å². The van der Waals surface area contributed by atoms with Crippen molar-refractivity contribution in [3.63, 3.8) is 0 Å². The van der Waals surface area contributed by atoms with Crippen LogP contribution >= 0.6 is 0 Å². The quantitative estimate of drug-likeness (QED) is 0.424. The Hall–Kier alpha value is -3.19. The molecule has 4 rings (SSSR count). The summed E-state index contributed by atoms with van der Waals surface area (Å²) in [6, 6.07) is 27.0. The zero-order valence-electron chi connectivity index (χ0n) is 19.2. The molecular formula is C25H21N. The summed E-state index contributed by atoms with van der Waals surface area (Å²) in [5.41, 5.74) is 4.25. The van der Waals surface area contributed by atoms with Crippen LogP contribution in [-0.4, -0.2) is 4.98 Å². The number of hydrogen-bond donors (Lipinski definition) is 0. The Balaban J connectivity index is 1.86. The largest absolute Gasteiger partial charge is 0.256 e. The maximum Gasteiger partial charge on any atom is 0.0705 e. The molecule has 0 aliphatic heterocycles. The molecule has 0 saturated carbocycles. The second kappa shape index (κ2) is 7.37. The lowest BCUT2D eigenvalue weighted by atomic mass is 9.95. The number of aromatic nitrogens is 1. The summed E-state index contributed by atoms with van der Waals surface area (Å²) < 4.78 is 40.5. The molecule has 0 atom stereocenters. The number of aryl methyl sites for hydroxylation is 1. The van der Waals surface area contributed by atoms with Gasteiger partial charge in [-0.3, -0.25) is 4.98 Å². The standard InChI is InChI=1S/C25H21N/c1-19-12-14-22(15-13-19)25-17-23(16-20-8-4-2-5-9-20)24(18-26-25)21-10-6-3-7-11-21/h2-15,17-18H,16H2,1H3/i1D3,16D2. The first kappa shape index (κ1) is 11.4. The van der Waals surface area contributed by atoms with Crippen LogP contribution in [0.1, 0.15) is 23.5 Å². The first-order valence-corrected chi connectivity index (χ1v) is 8.49. The van der Waals surface area contributed by atoms with Gasteiger partial charge in [-0.1, -0.05) is 90.5 Å². The minimum absolute atomic E-state index is 0.261. The van der Waals surface area contributed by atoms with E-state index in [0.717, 1.165) is 16.7 Å². The van der Waals surface area contributed by atoms with Gasteiger partial charge in [-0.2, -0.15) is 0 Å². The molecule has 1 heterocycles. The van der Waals surface area contributed by atoms with Gasteiger partial charge in [0.05, 0.1) is 5.69 Å². The number of benzene rings is 3. The van der Waals surface area contributed by atoms with E-state index in [-0.39, 0.29) is 5.56 Å². The average Bonchev–Trinajstić information content (AvgIpc) is 2.79. The van der Waals surface area contributed by atoms with Gasteiger partial charge in [0.2, 0.25) is 0 Å². The minimum Gasteiger partial charge on any atom is -0.256 e. The van der Waals surface area contributed by atoms with Crippen LogP contribution in [0.4, 0.5) is 0 Å². The van der Waals surface area contributed by atoms with Crippen molar-refractivity contribution >= 4 is 0 Å². The van der Waals surface area contributed by atoms with Crippen molar-refractivity contribution in [2.45, 2.75) is 13.2 Å². The highest BCUT2D eigenvalue weighted by Gasteiger charge is 2.10. The van der Waals surface area contributed by atoms with E-state index in [1.54, 1.807) is 48.7 Å². The summed E-state index contributed by atoms with van der Waals surface area (Å²) in [5, 5.41) is 0. The average molecular weight is 340 g/mol. The lowest BCUT2D eigenvalue weighted by molar-refractivity contribution is 1.17. The second-order valence-corrected chi connectivity index (χ2v) is 6.05. The van der Waals surface area contributed by atoms with Crippen LogP contribution in [0.5, 0.6) is 0 Å². The van der Waals surface area contributed by atoms with Gasteiger partial charge in [-0.25, -0.2) is 0 Å². The van der Waals surface area contributed by atoms with Crippen LogP contribution in [0.2, 0.25) is 0 Å². The maximum atomic E-state index is 8.94. The Labute approximate surface area is 162 Å². The molecule has 0 N–H and O–H groups in total. The van der Waals surface area contributed by atoms with Crippen molar-refractivity contribution in [2.24, 2.45) is 0 Å². The molecule has 0 fully saturated rings. The van der Waals surface area contributed by atoms with E-state index in [0.29, 0.717) is 16.8 Å². The van der Waals surface area contributed by atoms with Gasteiger partial charge in [0.1, 0.15) is 0 Å². The lowest BCUT2D eigenvalue weighted by Crippen LogP contribution is -1.96. The molecule has 26 heavy (non-hydrogen) atoms. The minimum atomic E-state index is -2.17. The van der Waals surface area contributed by atoms with Crippen molar-refractivity contribution in [3.05, 3.63) is 114 Å². The summed E-state index contributed by atoms with van der Waals surface area (Å²) in [6.07, 6.45) is -0.0544. The Bertz CT molecular complexity index is 1170. The summed E-state index contributed by atoms with van der Waals surface area (Å²) in [5.74, 6) is 0.